The quantitative estimate of drug-likeness (QED) is 0.908. The first-order valence-electron chi connectivity index (χ1n) is 7.80. The monoisotopic (exact) mass is 316 g/mol. The number of nitrogens with two attached hydrogens (primary N) is 1. The maximum Gasteiger partial charge on any atom is 0.151 e. The van der Waals surface area contributed by atoms with Crippen LogP contribution in [0.15, 0.2) is 30.3 Å². The Balaban J connectivity index is 2.08. The van der Waals surface area contributed by atoms with E-state index < -0.39 is 0 Å². The van der Waals surface area contributed by atoms with Crippen LogP contribution in [0, 0.1) is 12.7 Å². The van der Waals surface area contributed by atoms with Crippen LogP contribution in [-0.2, 0) is 0 Å². The molecule has 0 fully saturated rings. The summed E-state index contributed by atoms with van der Waals surface area (Å²) in [6.45, 7) is 5.52. The van der Waals surface area contributed by atoms with Gasteiger partial charge in [-0.2, -0.15) is 0 Å². The van der Waals surface area contributed by atoms with Gasteiger partial charge in [0.25, 0.3) is 0 Å². The zero-order valence-corrected chi connectivity index (χ0v) is 13.4. The number of aryl methyl sites for hydroxylation is 1. The molecule has 0 amide bonds. The maximum absolute atomic E-state index is 14.0. The smallest absolute Gasteiger partial charge is 0.151 e. The topological polar surface area (TPSA) is 56.5 Å². The second kappa shape index (κ2) is 6.46. The molecule has 0 radical (unpaired) electrons. The highest BCUT2D eigenvalue weighted by Crippen LogP contribution is 2.41. The average molecular weight is 316 g/mol. The Morgan fingerprint density at radius 1 is 1.30 bits per heavy atom. The number of rotatable bonds is 4. The van der Waals surface area contributed by atoms with E-state index >= 15 is 0 Å². The summed E-state index contributed by atoms with van der Waals surface area (Å²) in [5, 5.41) is 3.20. The maximum atomic E-state index is 14.0. The van der Waals surface area contributed by atoms with E-state index in [1.807, 2.05) is 32.0 Å². The summed E-state index contributed by atoms with van der Waals surface area (Å²) in [5.74, 6) is 1.16. The fraction of sp³-hybridized carbons (Fsp3) is 0.333. The predicted molar refractivity (Wildman–Crippen MR) is 89.7 cm³/mol. The number of ether oxygens (including phenoxy) is 2. The van der Waals surface area contributed by atoms with Gasteiger partial charge in [0.15, 0.2) is 5.75 Å². The molecule has 0 aromatic heterocycles. The van der Waals surface area contributed by atoms with Crippen LogP contribution in [0.25, 0.3) is 11.1 Å². The van der Waals surface area contributed by atoms with Gasteiger partial charge in [0.2, 0.25) is 0 Å². The predicted octanol–water partition coefficient (Wildman–Crippen LogP) is 3.33. The molecule has 0 saturated carbocycles. The third-order valence-corrected chi connectivity index (χ3v) is 3.92. The molecule has 23 heavy (non-hydrogen) atoms. The second-order valence-corrected chi connectivity index (χ2v) is 5.60. The largest absolute Gasteiger partial charge is 0.494 e. The van der Waals surface area contributed by atoms with Crippen LogP contribution in [0.1, 0.15) is 12.5 Å². The van der Waals surface area contributed by atoms with Crippen LogP contribution >= 0.6 is 0 Å². The van der Waals surface area contributed by atoms with Gasteiger partial charge >= 0.3 is 0 Å². The Morgan fingerprint density at radius 2 is 2.13 bits per heavy atom. The summed E-state index contributed by atoms with van der Waals surface area (Å²) in [6.07, 6.45) is -0.116. The highest BCUT2D eigenvalue weighted by molar-refractivity contribution is 5.81. The van der Waals surface area contributed by atoms with Crippen molar-refractivity contribution in [3.63, 3.8) is 0 Å². The van der Waals surface area contributed by atoms with Crippen molar-refractivity contribution < 1.29 is 13.9 Å². The highest BCUT2D eigenvalue weighted by Gasteiger charge is 2.23. The van der Waals surface area contributed by atoms with E-state index in [1.54, 1.807) is 0 Å². The molecule has 2 aromatic carbocycles. The minimum atomic E-state index is -0.297. The molecule has 5 heteroatoms. The number of nitrogens with one attached hydrogen (secondary N) is 1. The van der Waals surface area contributed by atoms with Crippen molar-refractivity contribution in [3.05, 3.63) is 41.7 Å². The first-order chi connectivity index (χ1) is 11.1. The van der Waals surface area contributed by atoms with Gasteiger partial charge in [0, 0.05) is 18.2 Å². The van der Waals surface area contributed by atoms with Gasteiger partial charge < -0.3 is 20.5 Å². The van der Waals surface area contributed by atoms with E-state index in [1.165, 1.54) is 12.1 Å². The zero-order valence-electron chi connectivity index (χ0n) is 13.4. The highest BCUT2D eigenvalue weighted by atomic mass is 19.1. The molecule has 0 unspecified atom stereocenters. The van der Waals surface area contributed by atoms with Crippen molar-refractivity contribution in [1.29, 1.82) is 0 Å². The molecule has 3 rings (SSSR count). The van der Waals surface area contributed by atoms with Crippen molar-refractivity contribution in [2.75, 3.05) is 25.0 Å². The summed E-state index contributed by atoms with van der Waals surface area (Å²) < 4.78 is 25.5. The fourth-order valence-corrected chi connectivity index (χ4v) is 2.81. The molecule has 122 valence electrons. The van der Waals surface area contributed by atoms with Crippen molar-refractivity contribution in [3.8, 4) is 22.6 Å². The first-order valence-corrected chi connectivity index (χ1v) is 7.80. The number of halogens is 1. The van der Waals surface area contributed by atoms with Gasteiger partial charge in [-0.05, 0) is 43.2 Å². The first kappa shape index (κ1) is 15.6. The van der Waals surface area contributed by atoms with Crippen molar-refractivity contribution in [2.24, 2.45) is 5.73 Å². The van der Waals surface area contributed by atoms with Crippen molar-refractivity contribution >= 4 is 5.69 Å². The number of anilines is 1. The lowest BCUT2D eigenvalue weighted by Crippen LogP contribution is -2.37. The van der Waals surface area contributed by atoms with E-state index in [4.69, 9.17) is 15.2 Å². The third-order valence-electron chi connectivity index (χ3n) is 3.92. The lowest BCUT2D eigenvalue weighted by atomic mass is 9.97. The Morgan fingerprint density at radius 3 is 2.83 bits per heavy atom. The van der Waals surface area contributed by atoms with Crippen LogP contribution in [0.5, 0.6) is 11.5 Å². The van der Waals surface area contributed by atoms with Gasteiger partial charge in [-0.25, -0.2) is 4.39 Å². The van der Waals surface area contributed by atoms with Gasteiger partial charge in [-0.3, -0.25) is 0 Å². The van der Waals surface area contributed by atoms with Gasteiger partial charge in [0.1, 0.15) is 17.7 Å². The van der Waals surface area contributed by atoms with Crippen LogP contribution in [0.3, 0.4) is 0 Å². The van der Waals surface area contributed by atoms with Gasteiger partial charge in [-0.1, -0.05) is 6.07 Å². The molecule has 1 aliphatic rings. The van der Waals surface area contributed by atoms with Gasteiger partial charge in [-0.15, -0.1) is 0 Å². The van der Waals surface area contributed by atoms with Crippen molar-refractivity contribution in [2.45, 2.75) is 20.0 Å². The average Bonchev–Trinajstić information content (AvgIpc) is 2.54. The summed E-state index contributed by atoms with van der Waals surface area (Å²) in [5.41, 5.74) is 9.02. The molecular formula is C18H21FN2O2. The molecule has 1 aliphatic heterocycles. The minimum absolute atomic E-state index is 0.116. The zero-order chi connectivity index (χ0) is 16.4. The Kier molecular flexibility index (Phi) is 4.39. The number of hydrogen-bond donors (Lipinski definition) is 2. The van der Waals surface area contributed by atoms with E-state index in [0.717, 1.165) is 22.4 Å². The van der Waals surface area contributed by atoms with Crippen LogP contribution in [0.4, 0.5) is 10.1 Å². The van der Waals surface area contributed by atoms with E-state index in [2.05, 4.69) is 5.32 Å². The van der Waals surface area contributed by atoms with Crippen LogP contribution < -0.4 is 20.5 Å². The van der Waals surface area contributed by atoms with Crippen LogP contribution in [-0.4, -0.2) is 25.8 Å². The molecule has 0 bridgehead atoms. The number of hydrogen-bond acceptors (Lipinski definition) is 4. The molecule has 4 nitrogen and oxygen atoms in total. The molecule has 0 aliphatic carbocycles. The standard InChI is InChI=1S/C18H21FN2O2/c1-3-22-13-4-5-15(11(2)6-13)16-7-12(19)8-17-18(16)23-14(9-20)10-21-17/h4-8,14,21H,3,9-10,20H2,1-2H3/t14-/m1/s1. The molecule has 2 aromatic rings. The molecule has 3 N–H and O–H groups in total. The third kappa shape index (κ3) is 3.10. The lowest BCUT2D eigenvalue weighted by molar-refractivity contribution is 0.215. The molecule has 1 heterocycles. The normalized spacial score (nSPS) is 16.3. The Hall–Kier alpha value is -2.27. The molecule has 1 atom stereocenters. The van der Waals surface area contributed by atoms with Crippen molar-refractivity contribution in [1.82, 2.24) is 0 Å². The second-order valence-electron chi connectivity index (χ2n) is 5.60. The molecule has 0 saturated heterocycles. The SMILES string of the molecule is CCOc1ccc(-c2cc(F)cc3c2O[C@H](CN)CN3)c(C)c1. The summed E-state index contributed by atoms with van der Waals surface area (Å²) >= 11 is 0. The molecular weight excluding hydrogens is 295 g/mol. The minimum Gasteiger partial charge on any atom is -0.494 e. The Bertz CT molecular complexity index is 718. The van der Waals surface area contributed by atoms with Crippen LogP contribution in [0.2, 0.25) is 0 Å². The fourth-order valence-electron chi connectivity index (χ4n) is 2.81. The summed E-state index contributed by atoms with van der Waals surface area (Å²) in [4.78, 5) is 0. The number of benzene rings is 2. The molecule has 0 spiro atoms. The van der Waals surface area contributed by atoms with Gasteiger partial charge in [0.05, 0.1) is 18.8 Å². The van der Waals surface area contributed by atoms with E-state index in [9.17, 15) is 4.39 Å². The summed E-state index contributed by atoms with van der Waals surface area (Å²) in [6, 6.07) is 8.73. The Labute approximate surface area is 135 Å². The lowest BCUT2D eigenvalue weighted by Gasteiger charge is -2.28. The van der Waals surface area contributed by atoms with E-state index in [-0.39, 0.29) is 11.9 Å². The number of fused-ring (bicyclic) bond motifs is 1. The van der Waals surface area contributed by atoms with E-state index in [0.29, 0.717) is 31.1 Å². The summed E-state index contributed by atoms with van der Waals surface area (Å²) in [7, 11) is 0.